The lowest BCUT2D eigenvalue weighted by molar-refractivity contribution is -0.0188. The molecule has 2 aliphatic rings. The second kappa shape index (κ2) is 7.08. The monoisotopic (exact) mass is 391 g/mol. The molecule has 29 heavy (non-hydrogen) atoms. The maximum absolute atomic E-state index is 12.9. The highest BCUT2D eigenvalue weighted by Crippen LogP contribution is 2.44. The van der Waals surface area contributed by atoms with Crippen molar-refractivity contribution < 1.29 is 9.53 Å². The summed E-state index contributed by atoms with van der Waals surface area (Å²) in [6.45, 7) is 2.01. The molecule has 3 N–H and O–H groups in total. The molecule has 1 unspecified atom stereocenters. The van der Waals surface area contributed by atoms with Gasteiger partial charge in [-0.15, -0.1) is 0 Å². The molecular weight excluding hydrogens is 366 g/mol. The highest BCUT2D eigenvalue weighted by atomic mass is 16.5. The van der Waals surface area contributed by atoms with Crippen LogP contribution in [0.25, 0.3) is 10.9 Å². The zero-order valence-corrected chi connectivity index (χ0v) is 16.4. The average Bonchev–Trinajstić information content (AvgIpc) is 3.20. The summed E-state index contributed by atoms with van der Waals surface area (Å²) in [5.74, 6) is 0.880. The minimum Gasteiger partial charge on any atom is -0.487 e. The van der Waals surface area contributed by atoms with E-state index in [1.54, 1.807) is 6.20 Å². The third-order valence-corrected chi connectivity index (χ3v) is 6.13. The second-order valence-electron chi connectivity index (χ2n) is 8.12. The molecule has 1 atom stereocenters. The SMILES string of the molecule is CN1CCC2(CC1)CC(NC(=O)Nc1cccc3[nH]ncc13)c1ccccc1O2. The van der Waals surface area contributed by atoms with Crippen LogP contribution in [0.1, 0.15) is 30.9 Å². The van der Waals surface area contributed by atoms with Gasteiger partial charge in [-0.1, -0.05) is 24.3 Å². The molecule has 3 aromatic rings. The molecule has 5 rings (SSSR count). The molecule has 1 saturated heterocycles. The Morgan fingerprint density at radius 1 is 1.21 bits per heavy atom. The third kappa shape index (κ3) is 3.42. The van der Waals surface area contributed by atoms with Gasteiger partial charge in [0.25, 0.3) is 0 Å². The smallest absolute Gasteiger partial charge is 0.319 e. The maximum Gasteiger partial charge on any atom is 0.319 e. The number of ether oxygens (including phenoxy) is 1. The summed E-state index contributed by atoms with van der Waals surface area (Å²) in [5, 5.41) is 14.1. The molecule has 1 aromatic heterocycles. The van der Waals surface area contributed by atoms with E-state index < -0.39 is 0 Å². The summed E-state index contributed by atoms with van der Waals surface area (Å²) in [6.07, 6.45) is 4.43. The first-order valence-electron chi connectivity index (χ1n) is 10.1. The number of hydrogen-bond donors (Lipinski definition) is 3. The minimum absolute atomic E-state index is 0.0908. The van der Waals surface area contributed by atoms with Crippen LogP contribution in [0.5, 0.6) is 5.75 Å². The number of piperidine rings is 1. The van der Waals surface area contributed by atoms with Gasteiger partial charge in [0.05, 0.1) is 23.4 Å². The van der Waals surface area contributed by atoms with Crippen molar-refractivity contribution in [3.63, 3.8) is 0 Å². The van der Waals surface area contributed by atoms with Crippen molar-refractivity contribution in [1.29, 1.82) is 0 Å². The van der Waals surface area contributed by atoms with Gasteiger partial charge in [-0.05, 0) is 38.1 Å². The Balaban J connectivity index is 1.38. The number of likely N-dealkylation sites (tertiary alicyclic amines) is 1. The number of rotatable bonds is 2. The van der Waals surface area contributed by atoms with Gasteiger partial charge in [-0.3, -0.25) is 5.10 Å². The molecule has 1 fully saturated rings. The van der Waals surface area contributed by atoms with Gasteiger partial charge in [-0.25, -0.2) is 4.79 Å². The summed E-state index contributed by atoms with van der Waals surface area (Å²) in [4.78, 5) is 15.2. The van der Waals surface area contributed by atoms with Crippen LogP contribution < -0.4 is 15.4 Å². The topological polar surface area (TPSA) is 82.3 Å². The summed E-state index contributed by atoms with van der Waals surface area (Å²) < 4.78 is 6.48. The number of amides is 2. The summed E-state index contributed by atoms with van der Waals surface area (Å²) in [6, 6.07) is 13.4. The van der Waals surface area contributed by atoms with Crippen LogP contribution in [-0.4, -0.2) is 46.9 Å². The Labute approximate surface area is 169 Å². The van der Waals surface area contributed by atoms with E-state index in [1.807, 2.05) is 42.5 Å². The van der Waals surface area contributed by atoms with E-state index >= 15 is 0 Å². The number of hydrogen-bond acceptors (Lipinski definition) is 4. The van der Waals surface area contributed by atoms with Crippen molar-refractivity contribution in [2.24, 2.45) is 0 Å². The number of fused-ring (bicyclic) bond motifs is 2. The van der Waals surface area contributed by atoms with Gasteiger partial charge >= 0.3 is 6.03 Å². The van der Waals surface area contributed by atoms with Gasteiger partial charge in [0.1, 0.15) is 11.4 Å². The van der Waals surface area contributed by atoms with Gasteiger partial charge in [0.15, 0.2) is 0 Å². The fraction of sp³-hybridized carbons (Fsp3) is 0.364. The molecule has 0 bridgehead atoms. The van der Waals surface area contributed by atoms with E-state index in [2.05, 4.69) is 32.8 Å². The highest BCUT2D eigenvalue weighted by molar-refractivity contribution is 6.00. The first-order chi connectivity index (χ1) is 14.1. The second-order valence-corrected chi connectivity index (χ2v) is 8.12. The van der Waals surface area contributed by atoms with E-state index in [0.29, 0.717) is 0 Å². The van der Waals surface area contributed by atoms with Crippen molar-refractivity contribution >= 4 is 22.6 Å². The highest BCUT2D eigenvalue weighted by Gasteiger charge is 2.43. The number of nitrogens with one attached hydrogen (secondary N) is 3. The van der Waals surface area contributed by atoms with Gasteiger partial charge in [0.2, 0.25) is 0 Å². The Bertz CT molecular complexity index is 1040. The van der Waals surface area contributed by atoms with Gasteiger partial charge in [0, 0.05) is 30.5 Å². The summed E-state index contributed by atoms with van der Waals surface area (Å²) in [5.41, 5.74) is 2.45. The fourth-order valence-electron chi connectivity index (χ4n) is 4.47. The molecule has 1 spiro atoms. The van der Waals surface area contributed by atoms with Crippen LogP contribution in [0.4, 0.5) is 10.5 Å². The number of anilines is 1. The lowest BCUT2D eigenvalue weighted by Gasteiger charge is -2.46. The first-order valence-corrected chi connectivity index (χ1v) is 10.1. The van der Waals surface area contributed by atoms with E-state index in [0.717, 1.165) is 60.3 Å². The van der Waals surface area contributed by atoms with Crippen LogP contribution in [0.3, 0.4) is 0 Å². The number of para-hydroxylation sites is 1. The maximum atomic E-state index is 12.9. The van der Waals surface area contributed by atoms with Crippen LogP contribution in [-0.2, 0) is 0 Å². The Morgan fingerprint density at radius 3 is 2.90 bits per heavy atom. The molecule has 0 aliphatic carbocycles. The number of H-pyrrole nitrogens is 1. The Kier molecular flexibility index (Phi) is 4.39. The molecule has 7 heteroatoms. The molecular formula is C22H25N5O2. The third-order valence-electron chi connectivity index (χ3n) is 6.13. The zero-order valence-electron chi connectivity index (χ0n) is 16.4. The number of carbonyl (C=O) groups excluding carboxylic acids is 1. The molecule has 0 radical (unpaired) electrons. The lowest BCUT2D eigenvalue weighted by atomic mass is 9.80. The van der Waals surface area contributed by atoms with Crippen molar-refractivity contribution in [1.82, 2.24) is 20.4 Å². The quantitative estimate of drug-likeness (QED) is 0.622. The standard InChI is InChI=1S/C22H25N5O2/c1-27-11-9-22(10-12-27)13-19(15-5-2-3-8-20(15)29-22)25-21(28)24-17-6-4-7-18-16(17)14-23-26-18/h2-8,14,19H,9-13H2,1H3,(H,23,26)(H2,24,25,28). The molecule has 2 amide bonds. The molecule has 3 heterocycles. The van der Waals surface area contributed by atoms with Crippen molar-refractivity contribution in [3.8, 4) is 5.75 Å². The van der Waals surface area contributed by atoms with E-state index in [-0.39, 0.29) is 17.7 Å². The molecule has 2 aromatic carbocycles. The summed E-state index contributed by atoms with van der Waals surface area (Å²) >= 11 is 0. The van der Waals surface area contributed by atoms with Crippen LogP contribution in [0.2, 0.25) is 0 Å². The van der Waals surface area contributed by atoms with Gasteiger partial charge < -0.3 is 20.3 Å². The van der Waals surface area contributed by atoms with Crippen LogP contribution in [0.15, 0.2) is 48.7 Å². The molecule has 0 saturated carbocycles. The Morgan fingerprint density at radius 2 is 2.03 bits per heavy atom. The Hall–Kier alpha value is -3.06. The van der Waals surface area contributed by atoms with Crippen molar-refractivity contribution in [2.75, 3.05) is 25.5 Å². The van der Waals surface area contributed by atoms with E-state index in [4.69, 9.17) is 4.74 Å². The predicted octanol–water partition coefficient (Wildman–Crippen LogP) is 3.67. The lowest BCUT2D eigenvalue weighted by Crippen LogP contribution is -2.51. The number of benzene rings is 2. The molecule has 2 aliphatic heterocycles. The minimum atomic E-state index is -0.219. The largest absolute Gasteiger partial charge is 0.487 e. The van der Waals surface area contributed by atoms with Crippen LogP contribution in [0, 0.1) is 0 Å². The predicted molar refractivity (Wildman–Crippen MR) is 112 cm³/mol. The van der Waals surface area contributed by atoms with Crippen LogP contribution >= 0.6 is 0 Å². The number of nitrogens with zero attached hydrogens (tertiary/aromatic N) is 2. The van der Waals surface area contributed by atoms with E-state index in [9.17, 15) is 4.79 Å². The van der Waals surface area contributed by atoms with Crippen molar-refractivity contribution in [3.05, 3.63) is 54.2 Å². The normalized spacial score (nSPS) is 20.8. The number of urea groups is 1. The van der Waals surface area contributed by atoms with Gasteiger partial charge in [-0.2, -0.15) is 5.10 Å². The number of aromatic nitrogens is 2. The number of carbonyl (C=O) groups is 1. The first kappa shape index (κ1) is 18.0. The zero-order chi connectivity index (χ0) is 19.8. The molecule has 150 valence electrons. The van der Waals surface area contributed by atoms with Crippen molar-refractivity contribution in [2.45, 2.75) is 30.9 Å². The van der Waals surface area contributed by atoms with E-state index in [1.165, 1.54) is 0 Å². The average molecular weight is 391 g/mol. The number of aromatic amines is 1. The molecule has 7 nitrogen and oxygen atoms in total. The summed E-state index contributed by atoms with van der Waals surface area (Å²) in [7, 11) is 2.14. The fourth-order valence-corrected chi connectivity index (χ4v) is 4.47.